The van der Waals surface area contributed by atoms with E-state index in [0.717, 1.165) is 17.7 Å². The van der Waals surface area contributed by atoms with Gasteiger partial charge in [-0.15, -0.1) is 0 Å². The van der Waals surface area contributed by atoms with E-state index in [1.54, 1.807) is 36.4 Å². The van der Waals surface area contributed by atoms with E-state index in [2.05, 4.69) is 4.72 Å². The fourth-order valence-corrected chi connectivity index (χ4v) is 4.39. The Balaban J connectivity index is 1.91. The first-order valence-electron chi connectivity index (χ1n) is 10.4. The molecule has 0 aromatic heterocycles. The number of ether oxygens (including phenoxy) is 4. The number of halogens is 3. The second-order valence-corrected chi connectivity index (χ2v) is 9.06. The first-order chi connectivity index (χ1) is 17.0. The molecule has 0 unspecified atom stereocenters. The fourth-order valence-electron chi connectivity index (χ4n) is 3.33. The van der Waals surface area contributed by atoms with Crippen LogP contribution in [0.1, 0.15) is 16.7 Å². The van der Waals surface area contributed by atoms with Gasteiger partial charge in [-0.2, -0.15) is 13.2 Å². The summed E-state index contributed by atoms with van der Waals surface area (Å²) in [6.07, 6.45) is -1.08. The summed E-state index contributed by atoms with van der Waals surface area (Å²) in [4.78, 5) is -0.323. The average molecular weight is 524 g/mol. The van der Waals surface area contributed by atoms with Crippen LogP contribution in [0.2, 0.25) is 0 Å². The van der Waals surface area contributed by atoms with Crippen LogP contribution in [-0.2, 0) is 16.2 Å². The van der Waals surface area contributed by atoms with Crippen molar-refractivity contribution in [3.63, 3.8) is 0 Å². The Kier molecular flexibility index (Phi) is 8.03. The van der Waals surface area contributed by atoms with Gasteiger partial charge in [0.1, 0.15) is 5.75 Å². The highest BCUT2D eigenvalue weighted by Crippen LogP contribution is 2.39. The van der Waals surface area contributed by atoms with Gasteiger partial charge in [-0.3, -0.25) is 4.72 Å². The number of benzene rings is 3. The second kappa shape index (κ2) is 10.8. The maximum atomic E-state index is 12.8. The van der Waals surface area contributed by atoms with Gasteiger partial charge in [0.15, 0.2) is 11.5 Å². The van der Waals surface area contributed by atoms with Crippen LogP contribution in [0.15, 0.2) is 59.5 Å². The van der Waals surface area contributed by atoms with Crippen molar-refractivity contribution < 1.29 is 40.5 Å². The number of nitrogens with one attached hydrogen (secondary N) is 1. The van der Waals surface area contributed by atoms with E-state index < -0.39 is 21.8 Å². The Labute approximate surface area is 207 Å². The van der Waals surface area contributed by atoms with Gasteiger partial charge in [-0.25, -0.2) is 8.42 Å². The molecule has 0 radical (unpaired) electrons. The Morgan fingerprint density at radius 1 is 0.722 bits per heavy atom. The molecule has 0 aliphatic carbocycles. The van der Waals surface area contributed by atoms with Gasteiger partial charge in [-0.1, -0.05) is 18.2 Å². The van der Waals surface area contributed by atoms with Crippen molar-refractivity contribution in [2.45, 2.75) is 11.1 Å². The predicted molar refractivity (Wildman–Crippen MR) is 130 cm³/mol. The zero-order valence-corrected chi connectivity index (χ0v) is 20.7. The quantitative estimate of drug-likeness (QED) is 0.362. The molecule has 3 rings (SSSR count). The summed E-state index contributed by atoms with van der Waals surface area (Å²) in [6.45, 7) is 0. The average Bonchev–Trinajstić information content (AvgIpc) is 2.86. The van der Waals surface area contributed by atoms with Crippen LogP contribution in [0, 0.1) is 0 Å². The highest BCUT2D eigenvalue weighted by atomic mass is 32.2. The minimum Gasteiger partial charge on any atom is -0.495 e. The third kappa shape index (κ3) is 6.03. The van der Waals surface area contributed by atoms with Crippen LogP contribution in [0.25, 0.3) is 12.2 Å². The molecule has 0 aliphatic rings. The Morgan fingerprint density at radius 2 is 1.28 bits per heavy atom. The summed E-state index contributed by atoms with van der Waals surface area (Å²) in [6, 6.07) is 11.5. The first kappa shape index (κ1) is 26.7. The third-order valence-corrected chi connectivity index (χ3v) is 6.50. The molecule has 0 amide bonds. The van der Waals surface area contributed by atoms with Crippen LogP contribution in [0.3, 0.4) is 0 Å². The molecule has 11 heteroatoms. The number of alkyl halides is 3. The Hall–Kier alpha value is -3.86. The van der Waals surface area contributed by atoms with Crippen molar-refractivity contribution in [3.8, 4) is 23.0 Å². The minimum absolute atomic E-state index is 0.115. The van der Waals surface area contributed by atoms with Gasteiger partial charge in [-0.05, 0) is 59.7 Å². The molecule has 192 valence electrons. The van der Waals surface area contributed by atoms with E-state index in [-0.39, 0.29) is 16.3 Å². The molecule has 7 nitrogen and oxygen atoms in total. The van der Waals surface area contributed by atoms with Crippen LogP contribution in [0.5, 0.6) is 23.0 Å². The zero-order valence-electron chi connectivity index (χ0n) is 19.8. The topological polar surface area (TPSA) is 83.1 Å². The molecular formula is C25H24F3NO6S. The van der Waals surface area contributed by atoms with E-state index in [0.29, 0.717) is 34.9 Å². The number of hydrogen-bond donors (Lipinski definition) is 1. The fraction of sp³-hybridized carbons (Fsp3) is 0.200. The summed E-state index contributed by atoms with van der Waals surface area (Å²) >= 11 is 0. The standard InChI is InChI=1S/C25H24F3NO6S/c1-32-21-12-7-16(5-6-17-14-22(33-2)24(35-4)23(15-17)34-3)13-20(21)29-36(30,31)19-10-8-18(9-11-19)25(26,27)28/h5-15,29H,1-4H3. The molecule has 0 aliphatic heterocycles. The molecular weight excluding hydrogens is 499 g/mol. The smallest absolute Gasteiger partial charge is 0.416 e. The zero-order chi connectivity index (χ0) is 26.5. The number of rotatable bonds is 9. The number of anilines is 1. The lowest BCUT2D eigenvalue weighted by molar-refractivity contribution is -0.137. The highest BCUT2D eigenvalue weighted by molar-refractivity contribution is 7.92. The largest absolute Gasteiger partial charge is 0.495 e. The van der Waals surface area contributed by atoms with Crippen molar-refractivity contribution in [2.75, 3.05) is 33.2 Å². The van der Waals surface area contributed by atoms with Gasteiger partial charge in [0.05, 0.1) is 44.6 Å². The summed E-state index contributed by atoms with van der Waals surface area (Å²) in [5, 5.41) is 0. The molecule has 0 bridgehead atoms. The van der Waals surface area contributed by atoms with E-state index >= 15 is 0 Å². The lowest BCUT2D eigenvalue weighted by Crippen LogP contribution is -2.14. The third-order valence-electron chi connectivity index (χ3n) is 5.12. The Bertz CT molecular complexity index is 1330. The molecule has 0 fully saturated rings. The number of hydrogen-bond acceptors (Lipinski definition) is 6. The number of sulfonamides is 1. The van der Waals surface area contributed by atoms with E-state index in [1.807, 2.05) is 0 Å². The summed E-state index contributed by atoms with van der Waals surface area (Å²) < 4.78 is 87.7. The van der Waals surface area contributed by atoms with Gasteiger partial charge in [0.25, 0.3) is 10.0 Å². The molecule has 3 aromatic carbocycles. The summed E-state index contributed by atoms with van der Waals surface area (Å²) in [7, 11) is 1.69. The molecule has 0 saturated heterocycles. The van der Waals surface area contributed by atoms with E-state index in [4.69, 9.17) is 18.9 Å². The van der Waals surface area contributed by atoms with Crippen molar-refractivity contribution in [3.05, 3.63) is 71.3 Å². The van der Waals surface area contributed by atoms with Crippen LogP contribution >= 0.6 is 0 Å². The van der Waals surface area contributed by atoms with E-state index in [1.165, 1.54) is 34.5 Å². The van der Waals surface area contributed by atoms with Crippen LogP contribution in [0.4, 0.5) is 18.9 Å². The summed E-state index contributed by atoms with van der Waals surface area (Å²) in [5.74, 6) is 1.62. The van der Waals surface area contributed by atoms with Crippen molar-refractivity contribution in [1.29, 1.82) is 0 Å². The highest BCUT2D eigenvalue weighted by Gasteiger charge is 2.30. The molecule has 0 heterocycles. The predicted octanol–water partition coefficient (Wildman–Crippen LogP) is 5.71. The maximum absolute atomic E-state index is 12.8. The molecule has 0 atom stereocenters. The molecule has 36 heavy (non-hydrogen) atoms. The molecule has 0 spiro atoms. The second-order valence-electron chi connectivity index (χ2n) is 7.38. The molecule has 1 N–H and O–H groups in total. The maximum Gasteiger partial charge on any atom is 0.416 e. The monoisotopic (exact) mass is 523 g/mol. The van der Waals surface area contributed by atoms with Crippen LogP contribution < -0.4 is 23.7 Å². The number of methoxy groups -OCH3 is 4. The minimum atomic E-state index is -4.57. The lowest BCUT2D eigenvalue weighted by atomic mass is 10.1. The van der Waals surface area contributed by atoms with Gasteiger partial charge >= 0.3 is 6.18 Å². The SMILES string of the molecule is COc1ccc(C=Cc2cc(OC)c(OC)c(OC)c2)cc1NS(=O)(=O)c1ccc(C(F)(F)F)cc1. The van der Waals surface area contributed by atoms with Gasteiger partial charge in [0, 0.05) is 0 Å². The molecule has 0 saturated carbocycles. The summed E-state index contributed by atoms with van der Waals surface area (Å²) in [5.41, 5.74) is 0.518. The van der Waals surface area contributed by atoms with Crippen molar-refractivity contribution in [2.24, 2.45) is 0 Å². The van der Waals surface area contributed by atoms with Crippen molar-refractivity contribution >= 4 is 27.9 Å². The van der Waals surface area contributed by atoms with Crippen LogP contribution in [-0.4, -0.2) is 36.9 Å². The van der Waals surface area contributed by atoms with Crippen molar-refractivity contribution in [1.82, 2.24) is 0 Å². The lowest BCUT2D eigenvalue weighted by Gasteiger charge is -2.14. The Morgan fingerprint density at radius 3 is 1.78 bits per heavy atom. The van der Waals surface area contributed by atoms with Gasteiger partial charge in [0.2, 0.25) is 5.75 Å². The normalized spacial score (nSPS) is 11.9. The van der Waals surface area contributed by atoms with E-state index in [9.17, 15) is 21.6 Å². The molecule has 3 aromatic rings. The van der Waals surface area contributed by atoms with Gasteiger partial charge < -0.3 is 18.9 Å². The first-order valence-corrected chi connectivity index (χ1v) is 11.9.